The van der Waals surface area contributed by atoms with Gasteiger partial charge < -0.3 is 4.74 Å². The van der Waals surface area contributed by atoms with E-state index in [1.54, 1.807) is 0 Å². The Morgan fingerprint density at radius 1 is 1.47 bits per heavy atom. The summed E-state index contributed by atoms with van der Waals surface area (Å²) in [5, 5.41) is 0. The van der Waals surface area contributed by atoms with Crippen LogP contribution in [0, 0.1) is 5.41 Å². The average Bonchev–Trinajstić information content (AvgIpc) is 2.98. The maximum absolute atomic E-state index is 11.6. The van der Waals surface area contributed by atoms with Crippen molar-refractivity contribution in [2.75, 3.05) is 20.2 Å². The molecule has 0 saturated heterocycles. The second kappa shape index (κ2) is 4.97. The Bertz CT molecular complexity index is 222. The van der Waals surface area contributed by atoms with Crippen molar-refractivity contribution < 1.29 is 9.53 Å². The van der Waals surface area contributed by atoms with Crippen molar-refractivity contribution in [2.45, 2.75) is 46.1 Å². The second-order valence-corrected chi connectivity index (χ2v) is 5.08. The Morgan fingerprint density at radius 2 is 2.07 bits per heavy atom. The molecule has 0 aromatic rings. The van der Waals surface area contributed by atoms with Gasteiger partial charge in [-0.15, -0.1) is 0 Å². The van der Waals surface area contributed by atoms with Gasteiger partial charge in [0.05, 0.1) is 12.5 Å². The molecule has 0 aromatic heterocycles. The highest BCUT2D eigenvalue weighted by atomic mass is 16.5. The van der Waals surface area contributed by atoms with E-state index in [1.165, 1.54) is 20.0 Å². The fourth-order valence-electron chi connectivity index (χ4n) is 1.97. The molecule has 0 N–H and O–H groups in total. The zero-order chi connectivity index (χ0) is 11.5. The first-order valence-corrected chi connectivity index (χ1v) is 5.83. The van der Waals surface area contributed by atoms with Crippen LogP contribution in [0.5, 0.6) is 0 Å². The normalized spacial score (nSPS) is 16.9. The van der Waals surface area contributed by atoms with E-state index in [-0.39, 0.29) is 11.4 Å². The van der Waals surface area contributed by atoms with Gasteiger partial charge >= 0.3 is 5.97 Å². The average molecular weight is 213 g/mol. The molecule has 0 bridgehead atoms. The number of rotatable bonds is 6. The molecule has 0 radical (unpaired) electrons. The van der Waals surface area contributed by atoms with E-state index in [2.05, 4.69) is 11.8 Å². The Kier molecular flexibility index (Phi) is 4.14. The lowest BCUT2D eigenvalue weighted by molar-refractivity contribution is -0.151. The molecule has 0 atom stereocenters. The first-order chi connectivity index (χ1) is 7.01. The molecule has 1 fully saturated rings. The molecule has 1 rings (SSSR count). The molecular weight excluding hydrogens is 190 g/mol. The summed E-state index contributed by atoms with van der Waals surface area (Å²) in [6, 6.07) is 0.717. The molecule has 0 aliphatic heterocycles. The SMILES string of the molecule is CCCN(CC(C)(C)C(=O)OC)C1CC1. The number of esters is 1. The first-order valence-electron chi connectivity index (χ1n) is 5.83. The minimum absolute atomic E-state index is 0.107. The van der Waals surface area contributed by atoms with Gasteiger partial charge in [-0.25, -0.2) is 0 Å². The van der Waals surface area contributed by atoms with Gasteiger partial charge in [0, 0.05) is 12.6 Å². The smallest absolute Gasteiger partial charge is 0.312 e. The molecule has 1 aliphatic carbocycles. The maximum Gasteiger partial charge on any atom is 0.312 e. The van der Waals surface area contributed by atoms with Gasteiger partial charge in [0.15, 0.2) is 0 Å². The van der Waals surface area contributed by atoms with Gasteiger partial charge in [0.25, 0.3) is 0 Å². The fourth-order valence-corrected chi connectivity index (χ4v) is 1.97. The van der Waals surface area contributed by atoms with Gasteiger partial charge in [-0.2, -0.15) is 0 Å². The van der Waals surface area contributed by atoms with Gasteiger partial charge in [0.1, 0.15) is 0 Å². The molecule has 0 unspecified atom stereocenters. The Hall–Kier alpha value is -0.570. The Balaban J connectivity index is 2.51. The standard InChI is InChI=1S/C12H23NO2/c1-5-8-13(10-6-7-10)9-12(2,3)11(14)15-4/h10H,5-9H2,1-4H3. The van der Waals surface area contributed by atoms with E-state index in [1.807, 2.05) is 13.8 Å². The lowest BCUT2D eigenvalue weighted by Crippen LogP contribution is -2.41. The van der Waals surface area contributed by atoms with Crippen LogP contribution >= 0.6 is 0 Å². The highest BCUT2D eigenvalue weighted by molar-refractivity contribution is 5.76. The quantitative estimate of drug-likeness (QED) is 0.632. The molecule has 3 heteroatoms. The van der Waals surface area contributed by atoms with Crippen molar-refractivity contribution in [3.63, 3.8) is 0 Å². The highest BCUT2D eigenvalue weighted by Gasteiger charge is 2.36. The molecule has 1 saturated carbocycles. The van der Waals surface area contributed by atoms with Crippen LogP contribution in [0.4, 0.5) is 0 Å². The number of hydrogen-bond acceptors (Lipinski definition) is 3. The minimum atomic E-state index is -0.382. The number of ether oxygens (including phenoxy) is 1. The Morgan fingerprint density at radius 3 is 2.47 bits per heavy atom. The fraction of sp³-hybridized carbons (Fsp3) is 0.917. The third-order valence-electron chi connectivity index (χ3n) is 2.91. The van der Waals surface area contributed by atoms with E-state index in [0.717, 1.165) is 19.5 Å². The zero-order valence-corrected chi connectivity index (χ0v) is 10.4. The van der Waals surface area contributed by atoms with Crippen molar-refractivity contribution in [1.82, 2.24) is 4.90 Å². The monoisotopic (exact) mass is 213 g/mol. The number of hydrogen-bond donors (Lipinski definition) is 0. The number of methoxy groups -OCH3 is 1. The van der Waals surface area contributed by atoms with Crippen molar-refractivity contribution in [1.29, 1.82) is 0 Å². The predicted molar refractivity (Wildman–Crippen MR) is 60.7 cm³/mol. The third kappa shape index (κ3) is 3.49. The molecular formula is C12H23NO2. The minimum Gasteiger partial charge on any atom is -0.469 e. The number of nitrogens with zero attached hydrogens (tertiary/aromatic N) is 1. The van der Waals surface area contributed by atoms with Crippen LogP contribution in [0.2, 0.25) is 0 Å². The van der Waals surface area contributed by atoms with Gasteiger partial charge in [-0.05, 0) is 39.7 Å². The van der Waals surface area contributed by atoms with E-state index in [9.17, 15) is 4.79 Å². The molecule has 0 aromatic carbocycles. The Labute approximate surface area is 92.8 Å². The van der Waals surface area contributed by atoms with Crippen LogP contribution in [-0.4, -0.2) is 37.1 Å². The van der Waals surface area contributed by atoms with E-state index in [4.69, 9.17) is 4.74 Å². The third-order valence-corrected chi connectivity index (χ3v) is 2.91. The number of carbonyl (C=O) groups excluding carboxylic acids is 1. The van der Waals surface area contributed by atoms with Crippen molar-refractivity contribution in [3.8, 4) is 0 Å². The molecule has 0 spiro atoms. The zero-order valence-electron chi connectivity index (χ0n) is 10.4. The van der Waals surface area contributed by atoms with E-state index in [0.29, 0.717) is 6.04 Å². The van der Waals surface area contributed by atoms with E-state index < -0.39 is 0 Å². The molecule has 88 valence electrons. The molecule has 15 heavy (non-hydrogen) atoms. The van der Waals surface area contributed by atoms with Crippen LogP contribution < -0.4 is 0 Å². The van der Waals surface area contributed by atoms with Crippen LogP contribution in [0.15, 0.2) is 0 Å². The summed E-state index contributed by atoms with van der Waals surface area (Å²) in [5.41, 5.74) is -0.382. The van der Waals surface area contributed by atoms with Crippen LogP contribution in [0.25, 0.3) is 0 Å². The van der Waals surface area contributed by atoms with Crippen LogP contribution in [0.3, 0.4) is 0 Å². The van der Waals surface area contributed by atoms with Crippen LogP contribution in [-0.2, 0) is 9.53 Å². The summed E-state index contributed by atoms with van der Waals surface area (Å²) < 4.78 is 4.83. The second-order valence-electron chi connectivity index (χ2n) is 5.08. The topological polar surface area (TPSA) is 29.5 Å². The van der Waals surface area contributed by atoms with Crippen molar-refractivity contribution in [2.24, 2.45) is 5.41 Å². The van der Waals surface area contributed by atoms with E-state index >= 15 is 0 Å². The summed E-state index contributed by atoms with van der Waals surface area (Å²) in [7, 11) is 1.46. The highest BCUT2D eigenvalue weighted by Crippen LogP contribution is 2.30. The molecule has 1 aliphatic rings. The summed E-state index contributed by atoms with van der Waals surface area (Å²) in [4.78, 5) is 14.0. The maximum atomic E-state index is 11.6. The van der Waals surface area contributed by atoms with Gasteiger partial charge in [-0.1, -0.05) is 6.92 Å². The molecule has 0 heterocycles. The first kappa shape index (κ1) is 12.5. The molecule has 3 nitrogen and oxygen atoms in total. The predicted octanol–water partition coefficient (Wildman–Crippen LogP) is 2.06. The largest absolute Gasteiger partial charge is 0.469 e. The number of carbonyl (C=O) groups is 1. The lowest BCUT2D eigenvalue weighted by atomic mass is 9.92. The summed E-state index contributed by atoms with van der Waals surface area (Å²) in [6.45, 7) is 8.01. The van der Waals surface area contributed by atoms with Gasteiger partial charge in [0.2, 0.25) is 0 Å². The molecule has 0 amide bonds. The van der Waals surface area contributed by atoms with Gasteiger partial charge in [-0.3, -0.25) is 9.69 Å². The summed E-state index contributed by atoms with van der Waals surface area (Å²) in [6.07, 6.45) is 3.72. The summed E-state index contributed by atoms with van der Waals surface area (Å²) in [5.74, 6) is -0.107. The van der Waals surface area contributed by atoms with Crippen LogP contribution in [0.1, 0.15) is 40.0 Å². The van der Waals surface area contributed by atoms with Crippen molar-refractivity contribution in [3.05, 3.63) is 0 Å². The lowest BCUT2D eigenvalue weighted by Gasteiger charge is -2.30. The summed E-state index contributed by atoms with van der Waals surface area (Å²) >= 11 is 0. The van der Waals surface area contributed by atoms with Crippen molar-refractivity contribution >= 4 is 5.97 Å².